The minimum Gasteiger partial charge on any atom is -0.477 e. The Labute approximate surface area is 160 Å². The number of halogens is 3. The SMILES string of the molecule is CCC(=C(C(=O)O)C(=O)O)N(c1cc(F)c(F)c(F)c1)C1CCOC(CC)C1. The van der Waals surface area contributed by atoms with Crippen molar-refractivity contribution in [3.05, 3.63) is 40.9 Å². The highest BCUT2D eigenvalue weighted by Gasteiger charge is 2.33. The minimum atomic E-state index is -1.67. The topological polar surface area (TPSA) is 87.1 Å². The summed E-state index contributed by atoms with van der Waals surface area (Å²) in [5, 5.41) is 18.8. The Balaban J connectivity index is 2.69. The fourth-order valence-electron chi connectivity index (χ4n) is 3.45. The van der Waals surface area contributed by atoms with Crippen molar-refractivity contribution in [2.75, 3.05) is 11.5 Å². The van der Waals surface area contributed by atoms with E-state index in [4.69, 9.17) is 4.74 Å². The zero-order valence-corrected chi connectivity index (χ0v) is 15.5. The van der Waals surface area contributed by atoms with Crippen LogP contribution in [0.3, 0.4) is 0 Å². The van der Waals surface area contributed by atoms with E-state index in [2.05, 4.69) is 0 Å². The summed E-state index contributed by atoms with van der Waals surface area (Å²) in [7, 11) is 0. The monoisotopic (exact) mass is 401 g/mol. The number of ether oxygens (including phenoxy) is 1. The molecule has 0 spiro atoms. The molecule has 0 bridgehead atoms. The Morgan fingerprint density at radius 3 is 2.18 bits per heavy atom. The van der Waals surface area contributed by atoms with E-state index in [0.29, 0.717) is 25.9 Å². The Morgan fingerprint density at radius 2 is 1.71 bits per heavy atom. The molecular weight excluding hydrogens is 379 g/mol. The Morgan fingerprint density at radius 1 is 1.14 bits per heavy atom. The van der Waals surface area contributed by atoms with Gasteiger partial charge in [0.2, 0.25) is 0 Å². The largest absolute Gasteiger partial charge is 0.477 e. The summed E-state index contributed by atoms with van der Waals surface area (Å²) in [6.45, 7) is 3.75. The highest BCUT2D eigenvalue weighted by Crippen LogP contribution is 2.34. The van der Waals surface area contributed by atoms with Crippen molar-refractivity contribution in [1.29, 1.82) is 0 Å². The number of carboxylic acid groups (broad SMARTS) is 2. The van der Waals surface area contributed by atoms with Crippen LogP contribution in [0, 0.1) is 17.5 Å². The molecule has 2 atom stereocenters. The van der Waals surface area contributed by atoms with Crippen LogP contribution in [-0.4, -0.2) is 40.9 Å². The Kier molecular flexibility index (Phi) is 7.06. The highest BCUT2D eigenvalue weighted by atomic mass is 19.2. The minimum absolute atomic E-state index is 0.0251. The van der Waals surface area contributed by atoms with Gasteiger partial charge in [0.25, 0.3) is 0 Å². The van der Waals surface area contributed by atoms with Crippen LogP contribution >= 0.6 is 0 Å². The maximum atomic E-state index is 13.9. The van der Waals surface area contributed by atoms with Crippen molar-refractivity contribution >= 4 is 17.6 Å². The summed E-state index contributed by atoms with van der Waals surface area (Å²) in [6.07, 6.45) is 1.24. The van der Waals surface area contributed by atoms with Crippen molar-refractivity contribution < 1.29 is 37.7 Å². The van der Waals surface area contributed by atoms with Gasteiger partial charge in [0.15, 0.2) is 23.0 Å². The molecule has 1 saturated heterocycles. The number of rotatable bonds is 7. The predicted molar refractivity (Wildman–Crippen MR) is 94.4 cm³/mol. The molecule has 1 aromatic carbocycles. The van der Waals surface area contributed by atoms with Crippen molar-refractivity contribution in [2.45, 2.75) is 51.7 Å². The summed E-state index contributed by atoms with van der Waals surface area (Å²) in [5.41, 5.74) is -1.16. The van der Waals surface area contributed by atoms with E-state index in [-0.39, 0.29) is 23.9 Å². The lowest BCUT2D eigenvalue weighted by molar-refractivity contribution is -0.140. The summed E-state index contributed by atoms with van der Waals surface area (Å²) in [4.78, 5) is 24.4. The number of allylic oxidation sites excluding steroid dienone is 1. The van der Waals surface area contributed by atoms with E-state index in [0.717, 1.165) is 12.1 Å². The third-order valence-electron chi connectivity index (χ3n) is 4.75. The van der Waals surface area contributed by atoms with Crippen molar-refractivity contribution in [3.63, 3.8) is 0 Å². The number of aliphatic carboxylic acids is 2. The van der Waals surface area contributed by atoms with Crippen molar-refractivity contribution in [1.82, 2.24) is 0 Å². The second kappa shape index (κ2) is 9.09. The molecule has 0 amide bonds. The van der Waals surface area contributed by atoms with E-state index >= 15 is 0 Å². The number of benzene rings is 1. The zero-order chi connectivity index (χ0) is 21.0. The summed E-state index contributed by atoms with van der Waals surface area (Å²) in [5.74, 6) is -7.88. The van der Waals surface area contributed by atoms with Crippen LogP contribution < -0.4 is 4.90 Å². The van der Waals surface area contributed by atoms with Crippen LogP contribution in [-0.2, 0) is 14.3 Å². The van der Waals surface area contributed by atoms with Crippen LogP contribution in [0.1, 0.15) is 39.5 Å². The van der Waals surface area contributed by atoms with Gasteiger partial charge in [0.05, 0.1) is 6.10 Å². The molecule has 9 heteroatoms. The highest BCUT2D eigenvalue weighted by molar-refractivity contribution is 6.13. The van der Waals surface area contributed by atoms with Crippen molar-refractivity contribution in [2.24, 2.45) is 0 Å². The first-order valence-electron chi connectivity index (χ1n) is 8.96. The maximum absolute atomic E-state index is 13.9. The third-order valence-corrected chi connectivity index (χ3v) is 4.75. The smallest absolute Gasteiger partial charge is 0.344 e. The molecule has 0 aliphatic carbocycles. The van der Waals surface area contributed by atoms with Gasteiger partial charge in [-0.3, -0.25) is 0 Å². The predicted octanol–water partition coefficient (Wildman–Crippen LogP) is 3.70. The summed E-state index contributed by atoms with van der Waals surface area (Å²) >= 11 is 0. The van der Waals surface area contributed by atoms with E-state index in [9.17, 15) is 33.0 Å². The number of nitrogens with zero attached hydrogens (tertiary/aromatic N) is 1. The van der Waals surface area contributed by atoms with Gasteiger partial charge in [-0.25, -0.2) is 22.8 Å². The van der Waals surface area contributed by atoms with Gasteiger partial charge in [-0.2, -0.15) is 0 Å². The molecule has 0 radical (unpaired) electrons. The van der Waals surface area contributed by atoms with Gasteiger partial charge < -0.3 is 19.8 Å². The van der Waals surface area contributed by atoms with Crippen molar-refractivity contribution in [3.8, 4) is 0 Å². The van der Waals surface area contributed by atoms with Gasteiger partial charge in [-0.15, -0.1) is 0 Å². The lowest BCUT2D eigenvalue weighted by atomic mass is 9.97. The van der Waals surface area contributed by atoms with Gasteiger partial charge in [0, 0.05) is 36.2 Å². The molecule has 2 N–H and O–H groups in total. The number of carbonyl (C=O) groups is 2. The molecule has 2 unspecified atom stereocenters. The fourth-order valence-corrected chi connectivity index (χ4v) is 3.45. The molecule has 1 aliphatic heterocycles. The Bertz CT molecular complexity index is 757. The number of hydrogen-bond donors (Lipinski definition) is 2. The van der Waals surface area contributed by atoms with E-state index < -0.39 is 41.0 Å². The van der Waals surface area contributed by atoms with Crippen LogP contribution in [0.25, 0.3) is 0 Å². The average Bonchev–Trinajstić information content (AvgIpc) is 2.64. The lowest BCUT2D eigenvalue weighted by Gasteiger charge is -2.40. The second-order valence-corrected chi connectivity index (χ2v) is 6.46. The molecule has 6 nitrogen and oxygen atoms in total. The molecular formula is C19H22F3NO5. The number of carboxylic acids is 2. The standard InChI is InChI=1S/C19H22F3NO5/c1-3-12-7-10(5-6-28-12)23(11-8-13(20)17(22)14(21)9-11)15(4-2)16(18(24)25)19(26)27/h8-10,12H,3-7H2,1-2H3,(H,24,25)(H,26,27). The van der Waals surface area contributed by atoms with Gasteiger partial charge in [-0.05, 0) is 25.7 Å². The molecule has 28 heavy (non-hydrogen) atoms. The first kappa shape index (κ1) is 21.7. The first-order valence-corrected chi connectivity index (χ1v) is 8.96. The van der Waals surface area contributed by atoms with Crippen LogP contribution in [0.2, 0.25) is 0 Å². The molecule has 2 rings (SSSR count). The average molecular weight is 401 g/mol. The van der Waals surface area contributed by atoms with Crippen LogP contribution in [0.5, 0.6) is 0 Å². The molecule has 1 heterocycles. The van der Waals surface area contributed by atoms with Crippen LogP contribution in [0.4, 0.5) is 18.9 Å². The van der Waals surface area contributed by atoms with E-state index in [1.807, 2.05) is 6.92 Å². The molecule has 1 aromatic rings. The first-order chi connectivity index (χ1) is 13.2. The molecule has 1 fully saturated rings. The molecule has 0 aromatic heterocycles. The van der Waals surface area contributed by atoms with Gasteiger partial charge in [0.1, 0.15) is 0 Å². The van der Waals surface area contributed by atoms with Crippen LogP contribution in [0.15, 0.2) is 23.4 Å². The molecule has 154 valence electrons. The van der Waals surface area contributed by atoms with Gasteiger partial charge >= 0.3 is 11.9 Å². The number of anilines is 1. The van der Waals surface area contributed by atoms with E-state index in [1.165, 1.54) is 4.90 Å². The van der Waals surface area contributed by atoms with E-state index in [1.54, 1.807) is 6.92 Å². The lowest BCUT2D eigenvalue weighted by Crippen LogP contribution is -2.43. The molecule has 0 saturated carbocycles. The quantitative estimate of drug-likeness (QED) is 0.314. The maximum Gasteiger partial charge on any atom is 0.344 e. The molecule has 1 aliphatic rings. The summed E-state index contributed by atoms with van der Waals surface area (Å²) < 4.78 is 46.8. The Hall–Kier alpha value is -2.55. The zero-order valence-electron chi connectivity index (χ0n) is 15.5. The number of hydrogen-bond acceptors (Lipinski definition) is 4. The normalized spacial score (nSPS) is 19.2. The summed E-state index contributed by atoms with van der Waals surface area (Å²) in [6, 6.07) is 1.02. The van der Waals surface area contributed by atoms with Gasteiger partial charge in [-0.1, -0.05) is 13.8 Å². The second-order valence-electron chi connectivity index (χ2n) is 6.46. The fraction of sp³-hybridized carbons (Fsp3) is 0.474. The third kappa shape index (κ3) is 4.46.